The van der Waals surface area contributed by atoms with Crippen molar-refractivity contribution in [3.05, 3.63) is 70.2 Å². The van der Waals surface area contributed by atoms with E-state index in [9.17, 15) is 4.79 Å². The summed E-state index contributed by atoms with van der Waals surface area (Å²) in [6.45, 7) is 3.87. The zero-order valence-electron chi connectivity index (χ0n) is 11.4. The Kier molecular flexibility index (Phi) is 4.53. The number of nitrogens with zero attached hydrogens (tertiary/aromatic N) is 1. The van der Waals surface area contributed by atoms with Crippen molar-refractivity contribution in [1.82, 2.24) is 5.43 Å². The summed E-state index contributed by atoms with van der Waals surface area (Å²) in [5, 5.41) is 4.66. The molecular weight excluding hydrogens is 272 g/mol. The summed E-state index contributed by atoms with van der Waals surface area (Å²) in [5.41, 5.74) is 5.92. The SMILES string of the molecule is C/C(=N/NC(=O)c1cccc(Cl)c1)c1ccccc1C. The second kappa shape index (κ2) is 6.35. The van der Waals surface area contributed by atoms with Crippen molar-refractivity contribution in [2.75, 3.05) is 0 Å². The van der Waals surface area contributed by atoms with Gasteiger partial charge in [0.2, 0.25) is 0 Å². The normalized spacial score (nSPS) is 11.2. The number of nitrogens with one attached hydrogen (secondary N) is 1. The van der Waals surface area contributed by atoms with E-state index in [-0.39, 0.29) is 5.91 Å². The molecule has 1 N–H and O–H groups in total. The zero-order valence-corrected chi connectivity index (χ0v) is 12.1. The molecule has 2 rings (SSSR count). The van der Waals surface area contributed by atoms with Crippen molar-refractivity contribution in [2.24, 2.45) is 5.10 Å². The highest BCUT2D eigenvalue weighted by atomic mass is 35.5. The van der Waals surface area contributed by atoms with E-state index < -0.39 is 0 Å². The van der Waals surface area contributed by atoms with Crippen LogP contribution in [0.4, 0.5) is 0 Å². The fraction of sp³-hybridized carbons (Fsp3) is 0.125. The van der Waals surface area contributed by atoms with Crippen molar-refractivity contribution < 1.29 is 4.79 Å². The Morgan fingerprint density at radius 2 is 1.90 bits per heavy atom. The lowest BCUT2D eigenvalue weighted by atomic mass is 10.1. The summed E-state index contributed by atoms with van der Waals surface area (Å²) in [4.78, 5) is 11.9. The minimum absolute atomic E-state index is 0.277. The number of hydrazone groups is 1. The van der Waals surface area contributed by atoms with Gasteiger partial charge in [0.25, 0.3) is 5.91 Å². The van der Waals surface area contributed by atoms with Crippen LogP contribution in [-0.4, -0.2) is 11.6 Å². The van der Waals surface area contributed by atoms with Crippen LogP contribution in [0.2, 0.25) is 5.02 Å². The average Bonchev–Trinajstić information content (AvgIpc) is 2.45. The summed E-state index contributed by atoms with van der Waals surface area (Å²) in [6.07, 6.45) is 0. The van der Waals surface area contributed by atoms with Gasteiger partial charge >= 0.3 is 0 Å². The van der Waals surface area contributed by atoms with E-state index in [2.05, 4.69) is 10.5 Å². The third-order valence-corrected chi connectivity index (χ3v) is 3.18. The number of rotatable bonds is 3. The first-order chi connectivity index (χ1) is 9.58. The Morgan fingerprint density at radius 1 is 1.15 bits per heavy atom. The molecule has 3 nitrogen and oxygen atoms in total. The van der Waals surface area contributed by atoms with Gasteiger partial charge in [0, 0.05) is 16.1 Å². The Labute approximate surface area is 123 Å². The summed E-state index contributed by atoms with van der Waals surface area (Å²) < 4.78 is 0. The molecule has 2 aromatic rings. The van der Waals surface area contributed by atoms with Gasteiger partial charge in [-0.15, -0.1) is 0 Å². The number of hydrogen-bond donors (Lipinski definition) is 1. The summed E-state index contributed by atoms with van der Waals surface area (Å²) in [7, 11) is 0. The van der Waals surface area contributed by atoms with Gasteiger partial charge in [-0.25, -0.2) is 5.43 Å². The van der Waals surface area contributed by atoms with Gasteiger partial charge in [0.15, 0.2) is 0 Å². The highest BCUT2D eigenvalue weighted by molar-refractivity contribution is 6.30. The Hall–Kier alpha value is -2.13. The third-order valence-electron chi connectivity index (χ3n) is 2.95. The molecule has 0 bridgehead atoms. The van der Waals surface area contributed by atoms with E-state index in [1.54, 1.807) is 24.3 Å². The molecule has 0 saturated carbocycles. The van der Waals surface area contributed by atoms with E-state index in [4.69, 9.17) is 11.6 Å². The Balaban J connectivity index is 2.13. The average molecular weight is 287 g/mol. The molecule has 20 heavy (non-hydrogen) atoms. The van der Waals surface area contributed by atoms with Gasteiger partial charge in [-0.05, 0) is 37.6 Å². The molecule has 0 fully saturated rings. The minimum atomic E-state index is -0.277. The lowest BCUT2D eigenvalue weighted by Gasteiger charge is -2.06. The lowest BCUT2D eigenvalue weighted by Crippen LogP contribution is -2.19. The third kappa shape index (κ3) is 3.45. The number of aryl methyl sites for hydroxylation is 1. The predicted molar refractivity (Wildman–Crippen MR) is 82.3 cm³/mol. The van der Waals surface area contributed by atoms with Crippen LogP contribution in [-0.2, 0) is 0 Å². The lowest BCUT2D eigenvalue weighted by molar-refractivity contribution is 0.0955. The first-order valence-corrected chi connectivity index (χ1v) is 6.62. The predicted octanol–water partition coefficient (Wildman–Crippen LogP) is 3.80. The fourth-order valence-corrected chi connectivity index (χ4v) is 2.06. The smallest absolute Gasteiger partial charge is 0.267 e. The largest absolute Gasteiger partial charge is 0.271 e. The number of hydrogen-bond acceptors (Lipinski definition) is 2. The van der Waals surface area contributed by atoms with E-state index >= 15 is 0 Å². The minimum Gasteiger partial charge on any atom is -0.267 e. The molecule has 0 aliphatic rings. The van der Waals surface area contributed by atoms with Crippen LogP contribution >= 0.6 is 11.6 Å². The molecule has 0 unspecified atom stereocenters. The van der Waals surface area contributed by atoms with Crippen LogP contribution in [0.3, 0.4) is 0 Å². The molecule has 2 aromatic carbocycles. The van der Waals surface area contributed by atoms with Crippen molar-refractivity contribution in [3.8, 4) is 0 Å². The molecule has 0 heterocycles. The van der Waals surface area contributed by atoms with Crippen LogP contribution in [0.15, 0.2) is 53.6 Å². The van der Waals surface area contributed by atoms with Crippen LogP contribution < -0.4 is 5.43 Å². The first-order valence-electron chi connectivity index (χ1n) is 6.24. The molecular formula is C16H15ClN2O. The molecule has 102 valence electrons. The zero-order chi connectivity index (χ0) is 14.5. The van der Waals surface area contributed by atoms with Crippen molar-refractivity contribution >= 4 is 23.2 Å². The standard InChI is InChI=1S/C16H15ClN2O/c1-11-6-3-4-9-15(11)12(2)18-19-16(20)13-7-5-8-14(17)10-13/h3-10H,1-2H3,(H,19,20)/b18-12-. The van der Waals surface area contributed by atoms with E-state index in [0.717, 1.165) is 16.8 Å². The van der Waals surface area contributed by atoms with E-state index in [0.29, 0.717) is 10.6 Å². The van der Waals surface area contributed by atoms with E-state index in [1.165, 1.54) is 0 Å². The maximum absolute atomic E-state index is 11.9. The van der Waals surface area contributed by atoms with Gasteiger partial charge in [0.05, 0.1) is 5.71 Å². The van der Waals surface area contributed by atoms with E-state index in [1.807, 2.05) is 38.1 Å². The molecule has 0 aromatic heterocycles. The molecule has 4 heteroatoms. The molecule has 1 amide bonds. The Morgan fingerprint density at radius 3 is 2.60 bits per heavy atom. The molecule has 0 spiro atoms. The number of amides is 1. The van der Waals surface area contributed by atoms with Gasteiger partial charge in [0.1, 0.15) is 0 Å². The monoisotopic (exact) mass is 286 g/mol. The highest BCUT2D eigenvalue weighted by Gasteiger charge is 2.06. The van der Waals surface area contributed by atoms with Gasteiger partial charge in [-0.3, -0.25) is 4.79 Å². The van der Waals surface area contributed by atoms with Crippen molar-refractivity contribution in [3.63, 3.8) is 0 Å². The first kappa shape index (κ1) is 14.3. The van der Waals surface area contributed by atoms with Crippen LogP contribution in [0.1, 0.15) is 28.4 Å². The maximum atomic E-state index is 11.9. The van der Waals surface area contributed by atoms with Gasteiger partial charge in [-0.1, -0.05) is 41.9 Å². The fourth-order valence-electron chi connectivity index (χ4n) is 1.87. The number of benzene rings is 2. The molecule has 0 saturated heterocycles. The number of carbonyl (C=O) groups is 1. The van der Waals surface area contributed by atoms with Crippen molar-refractivity contribution in [2.45, 2.75) is 13.8 Å². The maximum Gasteiger partial charge on any atom is 0.271 e. The second-order valence-corrected chi connectivity index (χ2v) is 4.90. The summed E-state index contributed by atoms with van der Waals surface area (Å²) in [5.74, 6) is -0.277. The van der Waals surface area contributed by atoms with Crippen LogP contribution in [0.5, 0.6) is 0 Å². The number of carbonyl (C=O) groups excluding carboxylic acids is 1. The van der Waals surface area contributed by atoms with Crippen LogP contribution in [0.25, 0.3) is 0 Å². The quantitative estimate of drug-likeness (QED) is 0.677. The van der Waals surface area contributed by atoms with Gasteiger partial charge < -0.3 is 0 Å². The summed E-state index contributed by atoms with van der Waals surface area (Å²) >= 11 is 5.85. The van der Waals surface area contributed by atoms with Crippen molar-refractivity contribution in [1.29, 1.82) is 0 Å². The highest BCUT2D eigenvalue weighted by Crippen LogP contribution is 2.11. The van der Waals surface area contributed by atoms with Gasteiger partial charge in [-0.2, -0.15) is 5.10 Å². The second-order valence-electron chi connectivity index (χ2n) is 4.46. The molecule has 0 aliphatic carbocycles. The molecule has 0 aliphatic heterocycles. The number of halogens is 1. The summed E-state index contributed by atoms with van der Waals surface area (Å²) in [6, 6.07) is 14.6. The molecule has 0 atom stereocenters. The van der Waals surface area contributed by atoms with Crippen LogP contribution in [0, 0.1) is 6.92 Å². The molecule has 0 radical (unpaired) electrons. The topological polar surface area (TPSA) is 41.5 Å². The Bertz CT molecular complexity index is 665.